The zero-order valence-electron chi connectivity index (χ0n) is 9.92. The number of hydrogen-bond acceptors (Lipinski definition) is 4. The van der Waals surface area contributed by atoms with Crippen LogP contribution in [-0.4, -0.2) is 34.6 Å². The zero-order chi connectivity index (χ0) is 13.5. The third kappa shape index (κ3) is 3.58. The lowest BCUT2D eigenvalue weighted by molar-refractivity contribution is -0.138. The Morgan fingerprint density at radius 2 is 2.39 bits per heavy atom. The fourth-order valence-electron chi connectivity index (χ4n) is 1.15. The van der Waals surface area contributed by atoms with Crippen molar-refractivity contribution in [2.45, 2.75) is 13.0 Å². The highest BCUT2D eigenvalue weighted by Gasteiger charge is 2.19. The average Bonchev–Trinajstić information content (AvgIpc) is 2.36. The van der Waals surface area contributed by atoms with Crippen LogP contribution in [0.3, 0.4) is 0 Å². The molecule has 1 aromatic rings. The molecule has 0 aliphatic carbocycles. The van der Waals surface area contributed by atoms with E-state index in [4.69, 9.17) is 9.84 Å². The van der Waals surface area contributed by atoms with Crippen molar-refractivity contribution in [3.63, 3.8) is 0 Å². The van der Waals surface area contributed by atoms with Crippen molar-refractivity contribution in [2.75, 3.05) is 6.61 Å². The lowest BCUT2D eigenvalue weighted by Gasteiger charge is -2.11. The second-order valence-electron chi connectivity index (χ2n) is 3.48. The summed E-state index contributed by atoms with van der Waals surface area (Å²) in [7, 11) is 0. The number of aliphatic carboxylic acids is 1. The van der Waals surface area contributed by atoms with E-state index in [1.54, 1.807) is 12.1 Å². The standard InChI is InChI=1S/C12H14N2O4/c1-3-7-18-9-5-4-6-13-10(9)11(15)14-8(2)12(16)17/h3-6,8H,1,7H2,2H3,(H,14,15)(H,16,17)/t8-/m1/s1. The zero-order valence-corrected chi connectivity index (χ0v) is 9.92. The maximum Gasteiger partial charge on any atom is 0.325 e. The average molecular weight is 250 g/mol. The van der Waals surface area contributed by atoms with Crippen molar-refractivity contribution in [2.24, 2.45) is 0 Å². The van der Waals surface area contributed by atoms with Gasteiger partial charge in [-0.15, -0.1) is 0 Å². The molecular weight excluding hydrogens is 236 g/mol. The number of aromatic nitrogens is 1. The second kappa shape index (κ2) is 6.39. The number of ether oxygens (including phenoxy) is 1. The summed E-state index contributed by atoms with van der Waals surface area (Å²) >= 11 is 0. The van der Waals surface area contributed by atoms with Gasteiger partial charge in [0.1, 0.15) is 12.6 Å². The lowest BCUT2D eigenvalue weighted by atomic mass is 10.2. The number of carboxylic acid groups (broad SMARTS) is 1. The molecule has 0 aliphatic heterocycles. The first-order valence-electron chi connectivity index (χ1n) is 5.28. The number of carbonyl (C=O) groups is 2. The van der Waals surface area contributed by atoms with Crippen LogP contribution in [-0.2, 0) is 4.79 Å². The molecule has 1 aromatic heterocycles. The largest absolute Gasteiger partial charge is 0.487 e. The summed E-state index contributed by atoms with van der Waals surface area (Å²) in [5.41, 5.74) is 0.0486. The summed E-state index contributed by atoms with van der Waals surface area (Å²) in [6.07, 6.45) is 2.97. The molecule has 0 unspecified atom stereocenters. The van der Waals surface area contributed by atoms with E-state index in [1.165, 1.54) is 19.2 Å². The predicted octanol–water partition coefficient (Wildman–Crippen LogP) is 0.849. The molecule has 1 rings (SSSR count). The Bertz CT molecular complexity index is 459. The molecule has 6 nitrogen and oxygen atoms in total. The molecule has 0 aromatic carbocycles. The van der Waals surface area contributed by atoms with Crippen LogP contribution in [0, 0.1) is 0 Å². The summed E-state index contributed by atoms with van der Waals surface area (Å²) in [6.45, 7) is 5.10. The Hall–Kier alpha value is -2.37. The van der Waals surface area contributed by atoms with E-state index in [1.807, 2.05) is 0 Å². The molecule has 1 heterocycles. The minimum atomic E-state index is -1.12. The van der Waals surface area contributed by atoms with Gasteiger partial charge in [-0.1, -0.05) is 12.7 Å². The van der Waals surface area contributed by atoms with Crippen LogP contribution in [0.15, 0.2) is 31.0 Å². The van der Waals surface area contributed by atoms with Crippen molar-refractivity contribution in [3.8, 4) is 5.75 Å². The van der Waals surface area contributed by atoms with Gasteiger partial charge in [-0.2, -0.15) is 0 Å². The van der Waals surface area contributed by atoms with Crippen LogP contribution < -0.4 is 10.1 Å². The number of nitrogens with one attached hydrogen (secondary N) is 1. The van der Waals surface area contributed by atoms with Gasteiger partial charge in [0.2, 0.25) is 0 Å². The third-order valence-electron chi connectivity index (χ3n) is 2.06. The molecule has 1 amide bonds. The van der Waals surface area contributed by atoms with E-state index < -0.39 is 17.9 Å². The van der Waals surface area contributed by atoms with Crippen LogP contribution >= 0.6 is 0 Å². The van der Waals surface area contributed by atoms with Crippen LogP contribution in [0.5, 0.6) is 5.75 Å². The Morgan fingerprint density at radius 1 is 1.67 bits per heavy atom. The minimum Gasteiger partial charge on any atom is -0.487 e. The lowest BCUT2D eigenvalue weighted by Crippen LogP contribution is -2.38. The molecule has 2 N–H and O–H groups in total. The normalized spacial score (nSPS) is 11.4. The van der Waals surface area contributed by atoms with Crippen LogP contribution in [0.25, 0.3) is 0 Å². The highest BCUT2D eigenvalue weighted by atomic mass is 16.5. The van der Waals surface area contributed by atoms with Crippen molar-refractivity contribution < 1.29 is 19.4 Å². The molecule has 0 saturated heterocycles. The first-order chi connectivity index (χ1) is 8.56. The Balaban J connectivity index is 2.84. The van der Waals surface area contributed by atoms with Gasteiger partial charge < -0.3 is 15.2 Å². The molecule has 0 bridgehead atoms. The molecular formula is C12H14N2O4. The minimum absolute atomic E-state index is 0.0486. The highest BCUT2D eigenvalue weighted by Crippen LogP contribution is 2.15. The van der Waals surface area contributed by atoms with Crippen LogP contribution in [0.1, 0.15) is 17.4 Å². The monoisotopic (exact) mass is 250 g/mol. The predicted molar refractivity (Wildman–Crippen MR) is 64.5 cm³/mol. The summed E-state index contributed by atoms with van der Waals surface area (Å²) in [6, 6.07) is 2.21. The number of carbonyl (C=O) groups excluding carboxylic acids is 1. The molecule has 18 heavy (non-hydrogen) atoms. The summed E-state index contributed by atoms with van der Waals surface area (Å²) < 4.78 is 5.26. The SMILES string of the molecule is C=CCOc1cccnc1C(=O)N[C@H](C)C(=O)O. The van der Waals surface area contributed by atoms with Gasteiger partial charge in [0, 0.05) is 6.20 Å². The van der Waals surface area contributed by atoms with Gasteiger partial charge in [-0.05, 0) is 19.1 Å². The van der Waals surface area contributed by atoms with Gasteiger partial charge in [-0.25, -0.2) is 4.98 Å². The Morgan fingerprint density at radius 3 is 3.00 bits per heavy atom. The van der Waals surface area contributed by atoms with E-state index >= 15 is 0 Å². The first-order valence-corrected chi connectivity index (χ1v) is 5.28. The summed E-state index contributed by atoms with van der Waals surface area (Å²) in [5, 5.41) is 11.0. The fraction of sp³-hybridized carbons (Fsp3) is 0.250. The van der Waals surface area contributed by atoms with E-state index in [2.05, 4.69) is 16.9 Å². The van der Waals surface area contributed by atoms with E-state index in [0.29, 0.717) is 0 Å². The fourth-order valence-corrected chi connectivity index (χ4v) is 1.15. The maximum absolute atomic E-state index is 11.8. The van der Waals surface area contributed by atoms with Gasteiger partial charge in [0.15, 0.2) is 11.4 Å². The van der Waals surface area contributed by atoms with Crippen LogP contribution in [0.2, 0.25) is 0 Å². The molecule has 1 atom stereocenters. The Labute approximate surface area is 104 Å². The molecule has 0 fully saturated rings. The number of pyridine rings is 1. The summed E-state index contributed by atoms with van der Waals surface area (Å²) in [5.74, 6) is -1.43. The number of nitrogens with zero attached hydrogens (tertiary/aromatic N) is 1. The maximum atomic E-state index is 11.8. The van der Waals surface area contributed by atoms with Gasteiger partial charge >= 0.3 is 5.97 Å². The second-order valence-corrected chi connectivity index (χ2v) is 3.48. The molecule has 96 valence electrons. The quantitative estimate of drug-likeness (QED) is 0.731. The third-order valence-corrected chi connectivity index (χ3v) is 2.06. The Kier molecular flexibility index (Phi) is 4.86. The van der Waals surface area contributed by atoms with E-state index in [9.17, 15) is 9.59 Å². The molecule has 0 spiro atoms. The van der Waals surface area contributed by atoms with Gasteiger partial charge in [-0.3, -0.25) is 9.59 Å². The number of hydrogen-bond donors (Lipinski definition) is 2. The molecule has 6 heteroatoms. The topological polar surface area (TPSA) is 88.5 Å². The molecule has 0 radical (unpaired) electrons. The van der Waals surface area contributed by atoms with E-state index in [0.717, 1.165) is 0 Å². The highest BCUT2D eigenvalue weighted by molar-refractivity contribution is 5.97. The van der Waals surface area contributed by atoms with Crippen molar-refractivity contribution in [1.82, 2.24) is 10.3 Å². The van der Waals surface area contributed by atoms with Gasteiger partial charge in [0.25, 0.3) is 5.91 Å². The van der Waals surface area contributed by atoms with Crippen molar-refractivity contribution >= 4 is 11.9 Å². The number of carboxylic acids is 1. The van der Waals surface area contributed by atoms with Crippen LogP contribution in [0.4, 0.5) is 0 Å². The van der Waals surface area contributed by atoms with Crippen molar-refractivity contribution in [3.05, 3.63) is 36.7 Å². The summed E-state index contributed by atoms with van der Waals surface area (Å²) in [4.78, 5) is 26.3. The van der Waals surface area contributed by atoms with Gasteiger partial charge in [0.05, 0.1) is 0 Å². The number of amides is 1. The van der Waals surface area contributed by atoms with E-state index in [-0.39, 0.29) is 18.1 Å². The van der Waals surface area contributed by atoms with Crippen molar-refractivity contribution in [1.29, 1.82) is 0 Å². The first kappa shape index (κ1) is 13.7. The number of rotatable bonds is 6. The molecule has 0 aliphatic rings. The molecule has 0 saturated carbocycles. The smallest absolute Gasteiger partial charge is 0.325 e.